The van der Waals surface area contributed by atoms with Crippen molar-refractivity contribution in [3.05, 3.63) is 179 Å². The van der Waals surface area contributed by atoms with Gasteiger partial charge in [0.1, 0.15) is 48.8 Å². The maximum Gasteiger partial charge on any atom is 0.338 e. The fourth-order valence-corrected chi connectivity index (χ4v) is 7.88. The van der Waals surface area contributed by atoms with E-state index in [0.29, 0.717) is 0 Å². The molecule has 0 spiro atoms. The molecule has 3 heterocycles. The Kier molecular flexibility index (Phi) is 16.3. The molecule has 3 aliphatic rings. The Bertz CT molecular complexity index is 2120. The number of esters is 1. The summed E-state index contributed by atoms with van der Waals surface area (Å²) in [6.45, 7) is 0.0251. The molecule has 5 aromatic rings. The summed E-state index contributed by atoms with van der Waals surface area (Å²) < 4.78 is 63.0. The molecule has 0 saturated carbocycles. The number of hydrogen-bond acceptors (Lipinski definition) is 14. The third kappa shape index (κ3) is 11.9. The Labute approximate surface area is 372 Å². The van der Waals surface area contributed by atoms with Crippen LogP contribution in [0.15, 0.2) is 152 Å². The van der Waals surface area contributed by atoms with E-state index in [0.717, 1.165) is 22.3 Å². The molecule has 3 saturated heterocycles. The van der Waals surface area contributed by atoms with Gasteiger partial charge in [0.15, 0.2) is 25.0 Å². The summed E-state index contributed by atoms with van der Waals surface area (Å²) in [5.74, 6) is -0.692. The molecule has 338 valence electrons. The number of aliphatic hydroxyl groups is 3. The van der Waals surface area contributed by atoms with Gasteiger partial charge in [-0.1, -0.05) is 140 Å². The van der Waals surface area contributed by atoms with Crippen molar-refractivity contribution in [3.63, 3.8) is 0 Å². The summed E-state index contributed by atoms with van der Waals surface area (Å²) in [6.07, 6.45) is -12.2. The number of benzene rings is 5. The Morgan fingerprint density at radius 1 is 0.438 bits per heavy atom. The molecule has 14 nitrogen and oxygen atoms in total. The van der Waals surface area contributed by atoms with Gasteiger partial charge in [0.25, 0.3) is 0 Å². The molecule has 0 unspecified atom stereocenters. The average Bonchev–Trinajstić information content (AvgIpc) is 3.96. The van der Waals surface area contributed by atoms with Gasteiger partial charge in [0, 0.05) is 0 Å². The molecule has 0 bridgehead atoms. The minimum Gasteiger partial charge on any atom is -0.450 e. The summed E-state index contributed by atoms with van der Waals surface area (Å²) in [4.78, 5) is 13.1. The van der Waals surface area contributed by atoms with Crippen LogP contribution in [0.5, 0.6) is 0 Å². The van der Waals surface area contributed by atoms with Crippen LogP contribution in [0, 0.1) is 0 Å². The molecule has 64 heavy (non-hydrogen) atoms. The predicted molar refractivity (Wildman–Crippen MR) is 229 cm³/mol. The van der Waals surface area contributed by atoms with Gasteiger partial charge in [0.2, 0.25) is 0 Å². The lowest BCUT2D eigenvalue weighted by molar-refractivity contribution is -0.220. The van der Waals surface area contributed by atoms with E-state index in [-0.39, 0.29) is 45.2 Å². The van der Waals surface area contributed by atoms with Gasteiger partial charge in [-0.15, -0.1) is 0 Å². The molecule has 8 rings (SSSR count). The summed E-state index contributed by atoms with van der Waals surface area (Å²) in [5.41, 5.74) is 3.94. The SMILES string of the molecule is O=C(O[C@@H]1[C@@H](OC[C@H]2O[C@H](OC[C@H]3O[C@H](O)[C@@H](OCc4ccccc4)[C@@H]3OCc3ccccc3)[C@@H](OCc3ccccc3)[C@@H]2OCc2ccccc2)O[C@H](CO)[C@H]1O)c1ccccc1. The zero-order chi connectivity index (χ0) is 44.1. The highest BCUT2D eigenvalue weighted by molar-refractivity contribution is 5.89. The van der Waals surface area contributed by atoms with Crippen LogP contribution in [0.25, 0.3) is 0 Å². The van der Waals surface area contributed by atoms with E-state index < -0.39 is 86.4 Å². The van der Waals surface area contributed by atoms with Crippen LogP contribution in [0.2, 0.25) is 0 Å². The first-order valence-electron chi connectivity index (χ1n) is 21.5. The molecular weight excluding hydrogens is 825 g/mol. The normalized spacial score (nSPS) is 28.9. The van der Waals surface area contributed by atoms with Crippen LogP contribution < -0.4 is 0 Å². The summed E-state index contributed by atoms with van der Waals surface area (Å²) in [6, 6.07) is 47.0. The molecular formula is C50H54O14. The minimum atomic E-state index is -1.38. The molecule has 12 atom stereocenters. The zero-order valence-corrected chi connectivity index (χ0v) is 35.1. The van der Waals surface area contributed by atoms with Crippen LogP contribution in [0.1, 0.15) is 32.6 Å². The highest BCUT2D eigenvalue weighted by Gasteiger charge is 2.52. The van der Waals surface area contributed by atoms with E-state index in [4.69, 9.17) is 47.4 Å². The van der Waals surface area contributed by atoms with E-state index in [1.807, 2.05) is 121 Å². The van der Waals surface area contributed by atoms with E-state index >= 15 is 0 Å². The summed E-state index contributed by atoms with van der Waals surface area (Å²) >= 11 is 0. The van der Waals surface area contributed by atoms with Crippen molar-refractivity contribution in [1.29, 1.82) is 0 Å². The standard InChI is InChI=1S/C50H54O14/c51-26-38-41(52)44(64-47(53)37-24-14-5-15-25-37)49(62-38)59-32-40-43(56-28-34-18-8-2-9-19-34)46(58-30-36-22-12-4-13-23-36)50(63-40)60-31-39-42(55-27-33-16-6-1-7-17-33)45(48(54)61-39)57-29-35-20-10-3-11-21-35/h1-25,38-46,48-52,54H,26-32H2/t38-,39-,40-,41-,42-,43-,44+,45+,46+,48+,49+,50+/m1/s1. The maximum absolute atomic E-state index is 13.1. The van der Waals surface area contributed by atoms with Crippen LogP contribution >= 0.6 is 0 Å². The predicted octanol–water partition coefficient (Wildman–Crippen LogP) is 5.11. The molecule has 3 aliphatic heterocycles. The lowest BCUT2D eigenvalue weighted by Gasteiger charge is -2.27. The summed E-state index contributed by atoms with van der Waals surface area (Å²) in [5, 5.41) is 32.3. The summed E-state index contributed by atoms with van der Waals surface area (Å²) in [7, 11) is 0. The molecule has 0 radical (unpaired) electrons. The van der Waals surface area contributed by atoms with Gasteiger partial charge < -0.3 is 62.7 Å². The largest absolute Gasteiger partial charge is 0.450 e. The molecule has 3 fully saturated rings. The Morgan fingerprint density at radius 2 is 0.812 bits per heavy atom. The highest BCUT2D eigenvalue weighted by Crippen LogP contribution is 2.34. The lowest BCUT2D eigenvalue weighted by atomic mass is 10.1. The third-order valence-corrected chi connectivity index (χ3v) is 11.3. The molecule has 0 aromatic heterocycles. The van der Waals surface area contributed by atoms with Gasteiger partial charge in [-0.05, 0) is 34.4 Å². The Balaban J connectivity index is 1.02. The van der Waals surface area contributed by atoms with Gasteiger partial charge in [0.05, 0.1) is 51.8 Å². The molecule has 14 heteroatoms. The second-order valence-corrected chi connectivity index (χ2v) is 15.8. The van der Waals surface area contributed by atoms with Gasteiger partial charge in [-0.2, -0.15) is 0 Å². The number of rotatable bonds is 21. The van der Waals surface area contributed by atoms with E-state index in [2.05, 4.69) is 0 Å². The first-order valence-corrected chi connectivity index (χ1v) is 21.5. The van der Waals surface area contributed by atoms with Crippen molar-refractivity contribution >= 4 is 5.97 Å². The smallest absolute Gasteiger partial charge is 0.338 e. The highest BCUT2D eigenvalue weighted by atomic mass is 16.8. The van der Waals surface area contributed by atoms with Crippen molar-refractivity contribution < 1.29 is 67.5 Å². The fraction of sp³-hybridized carbons (Fsp3) is 0.380. The lowest BCUT2D eigenvalue weighted by Crippen LogP contribution is -2.43. The maximum atomic E-state index is 13.1. The van der Waals surface area contributed by atoms with E-state index in [9.17, 15) is 20.1 Å². The first kappa shape index (κ1) is 45.7. The number of aliphatic hydroxyl groups excluding tert-OH is 3. The number of carbonyl (C=O) groups is 1. The third-order valence-electron chi connectivity index (χ3n) is 11.3. The topological polar surface area (TPSA) is 170 Å². The zero-order valence-electron chi connectivity index (χ0n) is 35.1. The van der Waals surface area contributed by atoms with Crippen LogP contribution in [-0.4, -0.2) is 115 Å². The van der Waals surface area contributed by atoms with Gasteiger partial charge in [-0.25, -0.2) is 4.79 Å². The Hall–Kier alpha value is -4.91. The van der Waals surface area contributed by atoms with Crippen molar-refractivity contribution in [1.82, 2.24) is 0 Å². The van der Waals surface area contributed by atoms with Crippen molar-refractivity contribution in [2.45, 2.75) is 100 Å². The average molecular weight is 879 g/mol. The van der Waals surface area contributed by atoms with Gasteiger partial charge >= 0.3 is 5.97 Å². The second-order valence-electron chi connectivity index (χ2n) is 15.8. The molecule has 5 aromatic carbocycles. The number of hydrogen-bond donors (Lipinski definition) is 3. The van der Waals surface area contributed by atoms with Crippen molar-refractivity contribution in [3.8, 4) is 0 Å². The first-order chi connectivity index (χ1) is 31.4. The number of ether oxygens (including phenoxy) is 10. The van der Waals surface area contributed by atoms with E-state index in [1.54, 1.807) is 30.3 Å². The Morgan fingerprint density at radius 3 is 1.28 bits per heavy atom. The quantitative estimate of drug-likeness (QED) is 0.0832. The van der Waals surface area contributed by atoms with E-state index in [1.165, 1.54) is 0 Å². The van der Waals surface area contributed by atoms with Crippen LogP contribution in [0.3, 0.4) is 0 Å². The fourth-order valence-electron chi connectivity index (χ4n) is 7.88. The molecule has 0 amide bonds. The molecule has 0 aliphatic carbocycles. The second kappa shape index (κ2) is 22.8. The van der Waals surface area contributed by atoms with Crippen LogP contribution in [0.4, 0.5) is 0 Å². The molecule has 3 N–H and O–H groups in total. The van der Waals surface area contributed by atoms with Gasteiger partial charge in [-0.3, -0.25) is 0 Å². The minimum absolute atomic E-state index is 0.0931. The van der Waals surface area contributed by atoms with Crippen LogP contribution in [-0.2, 0) is 73.8 Å². The monoisotopic (exact) mass is 878 g/mol. The number of carbonyl (C=O) groups excluding carboxylic acids is 1. The van der Waals surface area contributed by atoms with Crippen molar-refractivity contribution in [2.75, 3.05) is 19.8 Å². The van der Waals surface area contributed by atoms with Crippen molar-refractivity contribution in [2.24, 2.45) is 0 Å².